The van der Waals surface area contributed by atoms with E-state index in [1.165, 1.54) is 0 Å². The molecule has 0 heterocycles. The van der Waals surface area contributed by atoms with Crippen LogP contribution >= 0.6 is 11.6 Å². The number of halogens is 1. The molecule has 0 aromatic heterocycles. The largest absolute Gasteiger partial charge is 0.490 e. The fraction of sp³-hybridized carbons (Fsp3) is 0.400. The fourth-order valence-corrected chi connectivity index (χ4v) is 1.11. The number of ether oxygens (including phenoxy) is 1. The SMILES string of the molecule is Cc1ccc(Cl)c(OC[C@H](C)N)c1. The van der Waals surface area contributed by atoms with E-state index in [2.05, 4.69) is 0 Å². The molecule has 1 aromatic carbocycles. The second kappa shape index (κ2) is 4.49. The van der Waals surface area contributed by atoms with Crippen molar-refractivity contribution in [2.45, 2.75) is 19.9 Å². The first-order valence-electron chi connectivity index (χ1n) is 4.24. The van der Waals surface area contributed by atoms with Gasteiger partial charge in [-0.05, 0) is 31.5 Å². The van der Waals surface area contributed by atoms with Crippen molar-refractivity contribution in [3.63, 3.8) is 0 Å². The quantitative estimate of drug-likeness (QED) is 0.812. The second-order valence-corrected chi connectivity index (χ2v) is 3.63. The summed E-state index contributed by atoms with van der Waals surface area (Å²) in [6.07, 6.45) is 0. The zero-order valence-corrected chi connectivity index (χ0v) is 8.64. The Morgan fingerprint density at radius 3 is 2.85 bits per heavy atom. The average molecular weight is 200 g/mol. The first-order valence-corrected chi connectivity index (χ1v) is 4.62. The van der Waals surface area contributed by atoms with Crippen molar-refractivity contribution < 1.29 is 4.74 Å². The monoisotopic (exact) mass is 199 g/mol. The molecule has 0 radical (unpaired) electrons. The Morgan fingerprint density at radius 1 is 1.54 bits per heavy atom. The highest BCUT2D eigenvalue weighted by molar-refractivity contribution is 6.32. The summed E-state index contributed by atoms with van der Waals surface area (Å²) in [6, 6.07) is 5.70. The van der Waals surface area contributed by atoms with Gasteiger partial charge in [-0.25, -0.2) is 0 Å². The van der Waals surface area contributed by atoms with Crippen molar-refractivity contribution in [1.29, 1.82) is 0 Å². The van der Waals surface area contributed by atoms with Gasteiger partial charge in [-0.1, -0.05) is 17.7 Å². The molecule has 3 heteroatoms. The second-order valence-electron chi connectivity index (χ2n) is 3.22. The third-order valence-electron chi connectivity index (χ3n) is 1.59. The maximum absolute atomic E-state index is 5.91. The van der Waals surface area contributed by atoms with Crippen molar-refractivity contribution >= 4 is 11.6 Å². The van der Waals surface area contributed by atoms with E-state index < -0.39 is 0 Å². The first kappa shape index (κ1) is 10.4. The summed E-state index contributed by atoms with van der Waals surface area (Å²) in [4.78, 5) is 0. The summed E-state index contributed by atoms with van der Waals surface area (Å²) in [7, 11) is 0. The highest BCUT2D eigenvalue weighted by Crippen LogP contribution is 2.25. The topological polar surface area (TPSA) is 35.2 Å². The minimum atomic E-state index is 0.0246. The Kier molecular flexibility index (Phi) is 3.58. The third-order valence-corrected chi connectivity index (χ3v) is 1.90. The normalized spacial score (nSPS) is 12.6. The molecule has 1 aromatic rings. The van der Waals surface area contributed by atoms with Gasteiger partial charge in [0, 0.05) is 6.04 Å². The van der Waals surface area contributed by atoms with Gasteiger partial charge < -0.3 is 10.5 Å². The van der Waals surface area contributed by atoms with Crippen LogP contribution in [0.1, 0.15) is 12.5 Å². The predicted octanol–water partition coefficient (Wildman–Crippen LogP) is 2.37. The number of benzene rings is 1. The van der Waals surface area contributed by atoms with Gasteiger partial charge in [0.25, 0.3) is 0 Å². The molecule has 1 atom stereocenters. The molecule has 0 bridgehead atoms. The van der Waals surface area contributed by atoms with Crippen LogP contribution in [0.5, 0.6) is 5.75 Å². The van der Waals surface area contributed by atoms with Gasteiger partial charge in [0.05, 0.1) is 5.02 Å². The molecule has 0 fully saturated rings. The zero-order chi connectivity index (χ0) is 9.84. The average Bonchev–Trinajstić information content (AvgIpc) is 2.06. The number of rotatable bonds is 3. The molecule has 0 aliphatic carbocycles. The molecular weight excluding hydrogens is 186 g/mol. The van der Waals surface area contributed by atoms with Crippen molar-refractivity contribution in [3.8, 4) is 5.75 Å². The Balaban J connectivity index is 2.70. The molecule has 1 rings (SSSR count). The standard InChI is InChI=1S/C10H14ClNO/c1-7-3-4-9(11)10(5-7)13-6-8(2)12/h3-5,8H,6,12H2,1-2H3/t8-/m0/s1. The van der Waals surface area contributed by atoms with Gasteiger partial charge >= 0.3 is 0 Å². The maximum atomic E-state index is 5.91. The van der Waals surface area contributed by atoms with Crippen molar-refractivity contribution in [2.75, 3.05) is 6.61 Å². The number of hydrogen-bond donors (Lipinski definition) is 1. The van der Waals surface area contributed by atoms with E-state index in [0.717, 1.165) is 5.56 Å². The Hall–Kier alpha value is -0.730. The molecule has 0 spiro atoms. The van der Waals surface area contributed by atoms with Gasteiger partial charge in [-0.3, -0.25) is 0 Å². The number of hydrogen-bond acceptors (Lipinski definition) is 2. The van der Waals surface area contributed by atoms with Gasteiger partial charge in [-0.2, -0.15) is 0 Å². The van der Waals surface area contributed by atoms with E-state index >= 15 is 0 Å². The third kappa shape index (κ3) is 3.25. The maximum Gasteiger partial charge on any atom is 0.138 e. The van der Waals surface area contributed by atoms with Crippen molar-refractivity contribution in [2.24, 2.45) is 5.73 Å². The van der Waals surface area contributed by atoms with Gasteiger partial charge in [0.15, 0.2) is 0 Å². The Morgan fingerprint density at radius 2 is 2.23 bits per heavy atom. The van der Waals surface area contributed by atoms with Gasteiger partial charge in [-0.15, -0.1) is 0 Å². The highest BCUT2D eigenvalue weighted by Gasteiger charge is 2.02. The van der Waals surface area contributed by atoms with Crippen molar-refractivity contribution in [1.82, 2.24) is 0 Å². The van der Waals surface area contributed by atoms with E-state index in [9.17, 15) is 0 Å². The lowest BCUT2D eigenvalue weighted by Gasteiger charge is -2.10. The molecule has 13 heavy (non-hydrogen) atoms. The molecule has 72 valence electrons. The summed E-state index contributed by atoms with van der Waals surface area (Å²) in [6.45, 7) is 4.38. The van der Waals surface area contributed by atoms with Crippen LogP contribution in [-0.4, -0.2) is 12.6 Å². The fourth-order valence-electron chi connectivity index (χ4n) is 0.942. The summed E-state index contributed by atoms with van der Waals surface area (Å²) in [5.41, 5.74) is 6.69. The zero-order valence-electron chi connectivity index (χ0n) is 7.88. The summed E-state index contributed by atoms with van der Waals surface area (Å²) in [5, 5.41) is 0.631. The van der Waals surface area contributed by atoms with Crippen LogP contribution in [0.15, 0.2) is 18.2 Å². The van der Waals surface area contributed by atoms with Gasteiger partial charge in [0.1, 0.15) is 12.4 Å². The molecule has 2 N–H and O–H groups in total. The van der Waals surface area contributed by atoms with Crippen molar-refractivity contribution in [3.05, 3.63) is 28.8 Å². The summed E-state index contributed by atoms with van der Waals surface area (Å²) >= 11 is 5.91. The van der Waals surface area contributed by atoms with Crippen LogP contribution in [-0.2, 0) is 0 Å². The lowest BCUT2D eigenvalue weighted by Crippen LogP contribution is -2.23. The Labute approximate surface area is 83.6 Å². The van der Waals surface area contributed by atoms with E-state index in [0.29, 0.717) is 17.4 Å². The molecule has 0 aliphatic heterocycles. The van der Waals surface area contributed by atoms with E-state index in [4.69, 9.17) is 22.1 Å². The molecule has 0 saturated carbocycles. The van der Waals surface area contributed by atoms with Crippen LogP contribution in [0.3, 0.4) is 0 Å². The molecule has 0 unspecified atom stereocenters. The van der Waals surface area contributed by atoms with Crippen LogP contribution in [0.4, 0.5) is 0 Å². The van der Waals surface area contributed by atoms with Crippen LogP contribution in [0.25, 0.3) is 0 Å². The molecule has 2 nitrogen and oxygen atoms in total. The van der Waals surface area contributed by atoms with E-state index in [1.807, 2.05) is 32.0 Å². The molecule has 0 saturated heterocycles. The molecule has 0 amide bonds. The smallest absolute Gasteiger partial charge is 0.138 e. The van der Waals surface area contributed by atoms with Crippen LogP contribution < -0.4 is 10.5 Å². The lowest BCUT2D eigenvalue weighted by molar-refractivity contribution is 0.296. The summed E-state index contributed by atoms with van der Waals surface area (Å²) in [5.74, 6) is 0.707. The molecule has 0 aliphatic rings. The first-order chi connectivity index (χ1) is 6.09. The van der Waals surface area contributed by atoms with Crippen LogP contribution in [0.2, 0.25) is 5.02 Å². The number of aryl methyl sites for hydroxylation is 1. The van der Waals surface area contributed by atoms with Gasteiger partial charge in [0.2, 0.25) is 0 Å². The number of nitrogens with two attached hydrogens (primary N) is 1. The Bertz CT molecular complexity index is 286. The van der Waals surface area contributed by atoms with E-state index in [-0.39, 0.29) is 6.04 Å². The lowest BCUT2D eigenvalue weighted by atomic mass is 10.2. The minimum Gasteiger partial charge on any atom is -0.490 e. The molecular formula is C10H14ClNO. The van der Waals surface area contributed by atoms with E-state index in [1.54, 1.807) is 0 Å². The van der Waals surface area contributed by atoms with Crippen LogP contribution in [0, 0.1) is 6.92 Å². The highest BCUT2D eigenvalue weighted by atomic mass is 35.5. The summed E-state index contributed by atoms with van der Waals surface area (Å²) < 4.78 is 5.42. The minimum absolute atomic E-state index is 0.0246. The predicted molar refractivity (Wildman–Crippen MR) is 55.3 cm³/mol.